The van der Waals surface area contributed by atoms with E-state index >= 15 is 0 Å². The van der Waals surface area contributed by atoms with Crippen LogP contribution in [0.15, 0.2) is 134 Å². The molecule has 0 saturated carbocycles. The fourth-order valence-corrected chi connectivity index (χ4v) is 7.66. The molecule has 0 aromatic heterocycles. The smallest absolute Gasteiger partial charge is 0.462 e. The van der Waals surface area contributed by atoms with Crippen molar-refractivity contribution < 1.29 is 52.2 Å². The molecule has 0 aliphatic carbocycles. The SMILES string of the molecule is CC/C=C\C/C=C\C/C=C\C/C=C\CCCCCCCCC(=O)OCC(COP(=O)(O)OCC(CO)OC(=O)CCCCC/C=C\C/C=C\C/C=C\CC)OC(=O)CCCC/C=C\C/C=C\C/C=C\C/C=C\CC. The minimum Gasteiger partial charge on any atom is -0.462 e. The maximum absolute atomic E-state index is 12.9. The molecule has 0 aliphatic heterocycles. The summed E-state index contributed by atoms with van der Waals surface area (Å²) in [7, 11) is -4.78. The lowest BCUT2D eigenvalue weighted by molar-refractivity contribution is -0.161. The Morgan fingerprint density at radius 1 is 0.378 bits per heavy atom. The molecular formula is C62H99O11P. The molecule has 418 valence electrons. The number of esters is 3. The molecule has 3 atom stereocenters. The van der Waals surface area contributed by atoms with Crippen molar-refractivity contribution in [3.8, 4) is 0 Å². The third kappa shape index (κ3) is 52.5. The first-order valence-corrected chi connectivity index (χ1v) is 29.6. The lowest BCUT2D eigenvalue weighted by Gasteiger charge is -2.21. The van der Waals surface area contributed by atoms with E-state index < -0.39 is 57.8 Å². The second kappa shape index (κ2) is 54.9. The van der Waals surface area contributed by atoms with Gasteiger partial charge in [0.15, 0.2) is 6.10 Å². The van der Waals surface area contributed by atoms with Gasteiger partial charge in [-0.2, -0.15) is 0 Å². The zero-order chi connectivity index (χ0) is 54.1. The van der Waals surface area contributed by atoms with Crippen LogP contribution in [0.3, 0.4) is 0 Å². The topological polar surface area (TPSA) is 155 Å². The Labute approximate surface area is 449 Å². The Morgan fingerprint density at radius 3 is 1.05 bits per heavy atom. The highest BCUT2D eigenvalue weighted by atomic mass is 31.2. The van der Waals surface area contributed by atoms with Crippen LogP contribution >= 0.6 is 7.82 Å². The number of hydrogen-bond donors (Lipinski definition) is 2. The van der Waals surface area contributed by atoms with Gasteiger partial charge in [0.05, 0.1) is 19.8 Å². The van der Waals surface area contributed by atoms with Gasteiger partial charge in [0, 0.05) is 19.3 Å². The number of carbonyl (C=O) groups is 3. The third-order valence-corrected chi connectivity index (χ3v) is 12.0. The van der Waals surface area contributed by atoms with Crippen LogP contribution in [0.1, 0.15) is 201 Å². The molecule has 0 aromatic rings. The molecule has 0 heterocycles. The highest BCUT2D eigenvalue weighted by Gasteiger charge is 2.28. The van der Waals surface area contributed by atoms with Gasteiger partial charge < -0.3 is 24.2 Å². The predicted molar refractivity (Wildman–Crippen MR) is 306 cm³/mol. The first-order valence-electron chi connectivity index (χ1n) is 28.1. The van der Waals surface area contributed by atoms with Crippen molar-refractivity contribution in [1.29, 1.82) is 0 Å². The summed E-state index contributed by atoms with van der Waals surface area (Å²) >= 11 is 0. The van der Waals surface area contributed by atoms with Gasteiger partial charge in [0.2, 0.25) is 0 Å². The van der Waals surface area contributed by atoms with E-state index in [1.807, 2.05) is 0 Å². The molecule has 0 spiro atoms. The van der Waals surface area contributed by atoms with Gasteiger partial charge in [-0.3, -0.25) is 23.4 Å². The number of aliphatic hydroxyl groups excluding tert-OH is 1. The number of carbonyl (C=O) groups excluding carboxylic acids is 3. The van der Waals surface area contributed by atoms with Gasteiger partial charge in [0.25, 0.3) is 0 Å². The summed E-state index contributed by atoms with van der Waals surface area (Å²) in [4.78, 5) is 48.5. The molecule has 0 aromatic carbocycles. The summed E-state index contributed by atoms with van der Waals surface area (Å²) in [6.07, 6.45) is 68.5. The van der Waals surface area contributed by atoms with E-state index in [1.54, 1.807) is 0 Å². The third-order valence-electron chi connectivity index (χ3n) is 11.1. The highest BCUT2D eigenvalue weighted by Crippen LogP contribution is 2.43. The summed E-state index contributed by atoms with van der Waals surface area (Å²) < 4.78 is 39.4. The van der Waals surface area contributed by atoms with Crippen LogP contribution in [-0.4, -0.2) is 66.5 Å². The molecule has 3 unspecified atom stereocenters. The minimum atomic E-state index is -4.78. The molecule has 0 radical (unpaired) electrons. The second-order valence-corrected chi connectivity index (χ2v) is 19.4. The molecule has 11 nitrogen and oxygen atoms in total. The average Bonchev–Trinajstić information content (AvgIpc) is 3.39. The van der Waals surface area contributed by atoms with E-state index in [4.69, 9.17) is 23.3 Å². The van der Waals surface area contributed by atoms with Crippen molar-refractivity contribution in [2.24, 2.45) is 0 Å². The van der Waals surface area contributed by atoms with E-state index in [-0.39, 0.29) is 25.9 Å². The fraction of sp³-hybridized carbons (Fsp3) is 0.597. The molecule has 0 fully saturated rings. The maximum atomic E-state index is 12.9. The lowest BCUT2D eigenvalue weighted by Crippen LogP contribution is -2.30. The van der Waals surface area contributed by atoms with Crippen LogP contribution in [0.5, 0.6) is 0 Å². The van der Waals surface area contributed by atoms with Gasteiger partial charge in [-0.15, -0.1) is 0 Å². The molecule has 0 amide bonds. The van der Waals surface area contributed by atoms with Crippen LogP contribution < -0.4 is 0 Å². The molecule has 74 heavy (non-hydrogen) atoms. The summed E-state index contributed by atoms with van der Waals surface area (Å²) in [5.74, 6) is -1.58. The van der Waals surface area contributed by atoms with Crippen LogP contribution in [0.2, 0.25) is 0 Å². The Hall–Kier alpha value is -4.38. The zero-order valence-electron chi connectivity index (χ0n) is 46.0. The van der Waals surface area contributed by atoms with Crippen molar-refractivity contribution >= 4 is 25.7 Å². The van der Waals surface area contributed by atoms with Gasteiger partial charge in [0.1, 0.15) is 12.7 Å². The summed E-state index contributed by atoms with van der Waals surface area (Å²) in [5, 5.41) is 9.79. The largest absolute Gasteiger partial charge is 0.472 e. The number of hydrogen-bond acceptors (Lipinski definition) is 10. The summed E-state index contributed by atoms with van der Waals surface area (Å²) in [6.45, 7) is 4.17. The minimum absolute atomic E-state index is 0.102. The number of allylic oxidation sites excluding steroid dienone is 22. The monoisotopic (exact) mass is 1050 g/mol. The van der Waals surface area contributed by atoms with Gasteiger partial charge in [-0.1, -0.05) is 187 Å². The average molecular weight is 1050 g/mol. The first kappa shape index (κ1) is 69.6. The molecule has 0 aliphatic rings. The highest BCUT2D eigenvalue weighted by molar-refractivity contribution is 7.47. The van der Waals surface area contributed by atoms with Gasteiger partial charge >= 0.3 is 25.7 Å². The van der Waals surface area contributed by atoms with Crippen molar-refractivity contribution in [3.05, 3.63) is 134 Å². The van der Waals surface area contributed by atoms with Gasteiger partial charge in [-0.05, 0) is 128 Å². The van der Waals surface area contributed by atoms with E-state index in [9.17, 15) is 28.9 Å². The van der Waals surface area contributed by atoms with Crippen molar-refractivity contribution in [2.75, 3.05) is 26.4 Å². The van der Waals surface area contributed by atoms with Crippen molar-refractivity contribution in [3.63, 3.8) is 0 Å². The van der Waals surface area contributed by atoms with Crippen molar-refractivity contribution in [2.45, 2.75) is 213 Å². The zero-order valence-corrected chi connectivity index (χ0v) is 46.9. The van der Waals surface area contributed by atoms with Crippen LogP contribution in [0.25, 0.3) is 0 Å². The normalized spacial score (nSPS) is 14.4. The Bertz CT molecular complexity index is 1750. The quantitative estimate of drug-likeness (QED) is 0.0197. The fourth-order valence-electron chi connectivity index (χ4n) is 6.88. The van der Waals surface area contributed by atoms with Crippen LogP contribution in [-0.2, 0) is 42.2 Å². The van der Waals surface area contributed by atoms with Crippen LogP contribution in [0.4, 0.5) is 0 Å². The first-order chi connectivity index (χ1) is 36.2. The standard InChI is InChI=1S/C62H99O11P/c1-4-7-10-13-16-19-22-25-27-28-29-30-32-34-36-39-42-45-48-51-60(64)69-55-59(73-62(66)53-50-47-44-41-38-35-31-26-23-20-17-14-11-8-5-2)57-71-74(67,68)70-56-58(54-63)72-61(65)52-49-46-43-40-37-33-24-21-18-15-12-9-6-3/h7-12,16-21,25-27,29-31,33,37-38,41,58-59,63H,4-6,13-15,22-24,28,32,34-36,39-40,42-57H2,1-3H3,(H,67,68)/b10-7-,11-8-,12-9-,19-16-,20-17-,21-18-,27-25-,30-29-,31-26-,37-33-,41-38-. The Morgan fingerprint density at radius 2 is 0.662 bits per heavy atom. The van der Waals surface area contributed by atoms with E-state index in [2.05, 4.69) is 154 Å². The maximum Gasteiger partial charge on any atom is 0.472 e. The van der Waals surface area contributed by atoms with Gasteiger partial charge in [-0.25, -0.2) is 4.57 Å². The predicted octanol–water partition coefficient (Wildman–Crippen LogP) is 16.6. The molecule has 2 N–H and O–H groups in total. The molecule has 0 rings (SSSR count). The van der Waals surface area contributed by atoms with E-state index in [0.717, 1.165) is 141 Å². The number of ether oxygens (including phenoxy) is 3. The summed E-state index contributed by atoms with van der Waals surface area (Å²) in [5.41, 5.74) is 0. The summed E-state index contributed by atoms with van der Waals surface area (Å²) in [6, 6.07) is 0. The van der Waals surface area contributed by atoms with E-state index in [1.165, 1.54) is 0 Å². The molecule has 12 heteroatoms. The number of phosphoric ester groups is 1. The van der Waals surface area contributed by atoms with Crippen LogP contribution in [0, 0.1) is 0 Å². The molecule has 0 bridgehead atoms. The number of unbranched alkanes of at least 4 members (excludes halogenated alkanes) is 11. The number of aliphatic hydroxyl groups is 1. The van der Waals surface area contributed by atoms with Crippen molar-refractivity contribution in [1.82, 2.24) is 0 Å². The molecule has 0 saturated heterocycles. The lowest BCUT2D eigenvalue weighted by atomic mass is 10.1. The second-order valence-electron chi connectivity index (χ2n) is 18.0. The van der Waals surface area contributed by atoms with E-state index in [0.29, 0.717) is 19.3 Å². The number of phosphoric acid groups is 1. The number of rotatable bonds is 50. The Kier molecular flexibility index (Phi) is 51.6. The molecular weight excluding hydrogens is 952 g/mol. The Balaban J connectivity index is 4.85.